The maximum absolute atomic E-state index is 12.1. The molecule has 0 saturated carbocycles. The van der Waals surface area contributed by atoms with Crippen LogP contribution in [-0.2, 0) is 0 Å². The van der Waals surface area contributed by atoms with Gasteiger partial charge in [-0.2, -0.15) is 0 Å². The van der Waals surface area contributed by atoms with Crippen LogP contribution in [0.15, 0.2) is 29.8 Å². The summed E-state index contributed by atoms with van der Waals surface area (Å²) in [6.45, 7) is 1.71. The summed E-state index contributed by atoms with van der Waals surface area (Å²) in [5.41, 5.74) is 1.65. The van der Waals surface area contributed by atoms with Crippen LogP contribution in [-0.4, -0.2) is 22.6 Å². The van der Waals surface area contributed by atoms with E-state index in [4.69, 9.17) is 5.11 Å². The number of hydrogen-bond acceptors (Lipinski definition) is 4. The van der Waals surface area contributed by atoms with Crippen molar-refractivity contribution in [2.24, 2.45) is 0 Å². The van der Waals surface area contributed by atoms with E-state index in [0.29, 0.717) is 16.3 Å². The van der Waals surface area contributed by atoms with Crippen molar-refractivity contribution in [2.45, 2.75) is 6.92 Å². The Balaban J connectivity index is 2.16. The summed E-state index contributed by atoms with van der Waals surface area (Å²) in [4.78, 5) is 16.7. The highest BCUT2D eigenvalue weighted by molar-refractivity contribution is 7.12. The third-order valence-electron chi connectivity index (χ3n) is 2.33. The quantitative estimate of drug-likeness (QED) is 0.822. The fourth-order valence-electron chi connectivity index (χ4n) is 1.43. The average Bonchev–Trinajstić information content (AvgIpc) is 2.87. The van der Waals surface area contributed by atoms with Crippen molar-refractivity contribution < 1.29 is 9.90 Å². The minimum atomic E-state index is -0.242. The molecule has 0 unspecified atom stereocenters. The second-order valence-electron chi connectivity index (χ2n) is 3.80. The van der Waals surface area contributed by atoms with Crippen molar-refractivity contribution in [3.63, 3.8) is 0 Å². The molecule has 2 rings (SSSR count). The fraction of sp³-hybridized carbons (Fsp3) is 0.143. The zero-order valence-electron chi connectivity index (χ0n) is 10.3. The molecule has 2 aromatic heterocycles. The lowest BCUT2D eigenvalue weighted by atomic mass is 10.2. The summed E-state index contributed by atoms with van der Waals surface area (Å²) in [5.74, 6) is 5.54. The Morgan fingerprint density at radius 3 is 3.00 bits per heavy atom. The van der Waals surface area contributed by atoms with Crippen LogP contribution in [0.25, 0.3) is 0 Å². The number of carbonyl (C=O) groups excluding carboxylic acids is 1. The first-order valence-corrected chi connectivity index (χ1v) is 6.50. The molecule has 0 atom stereocenters. The number of pyridine rings is 1. The Bertz CT molecular complexity index is 635. The van der Waals surface area contributed by atoms with Crippen LogP contribution in [0.1, 0.15) is 20.8 Å². The van der Waals surface area contributed by atoms with Gasteiger partial charge in [-0.15, -0.1) is 11.3 Å². The number of nitrogens with one attached hydrogen (secondary N) is 1. The standard InChI is InChI=1S/C14H12N2O2S/c1-10-4-5-12(15-9-10)16-14(18)13-11(3-2-7-17)6-8-19-13/h4-6,8-9,17H,7H2,1H3,(H,15,16,18). The monoisotopic (exact) mass is 272 g/mol. The van der Waals surface area contributed by atoms with Crippen molar-refractivity contribution in [1.29, 1.82) is 0 Å². The van der Waals surface area contributed by atoms with E-state index in [2.05, 4.69) is 22.1 Å². The van der Waals surface area contributed by atoms with E-state index in [1.807, 2.05) is 13.0 Å². The second-order valence-corrected chi connectivity index (χ2v) is 4.71. The molecule has 0 saturated heterocycles. The van der Waals surface area contributed by atoms with Crippen molar-refractivity contribution in [1.82, 2.24) is 4.98 Å². The molecule has 2 heterocycles. The SMILES string of the molecule is Cc1ccc(NC(=O)c2sccc2C#CCO)nc1. The van der Waals surface area contributed by atoms with Gasteiger partial charge in [0.05, 0.1) is 0 Å². The van der Waals surface area contributed by atoms with Gasteiger partial charge < -0.3 is 10.4 Å². The van der Waals surface area contributed by atoms with Crippen LogP contribution in [0.4, 0.5) is 5.82 Å². The zero-order valence-corrected chi connectivity index (χ0v) is 11.1. The smallest absolute Gasteiger partial charge is 0.268 e. The first-order chi connectivity index (χ1) is 9.20. The van der Waals surface area contributed by atoms with Crippen LogP contribution >= 0.6 is 11.3 Å². The van der Waals surface area contributed by atoms with Crippen LogP contribution < -0.4 is 5.32 Å². The lowest BCUT2D eigenvalue weighted by molar-refractivity contribution is 0.103. The fourth-order valence-corrected chi connectivity index (χ4v) is 2.18. The number of hydrogen-bond donors (Lipinski definition) is 2. The van der Waals surface area contributed by atoms with Crippen molar-refractivity contribution in [3.8, 4) is 11.8 Å². The number of rotatable bonds is 2. The molecule has 0 aliphatic rings. The van der Waals surface area contributed by atoms with Gasteiger partial charge in [-0.1, -0.05) is 17.9 Å². The van der Waals surface area contributed by atoms with E-state index in [1.165, 1.54) is 11.3 Å². The highest BCUT2D eigenvalue weighted by Crippen LogP contribution is 2.17. The molecule has 2 aromatic rings. The van der Waals surface area contributed by atoms with Gasteiger partial charge in [0.2, 0.25) is 0 Å². The van der Waals surface area contributed by atoms with E-state index < -0.39 is 0 Å². The topological polar surface area (TPSA) is 62.2 Å². The summed E-state index contributed by atoms with van der Waals surface area (Å²) in [5, 5.41) is 13.2. The third-order valence-corrected chi connectivity index (χ3v) is 3.24. The summed E-state index contributed by atoms with van der Waals surface area (Å²) < 4.78 is 0. The molecular formula is C14H12N2O2S. The number of aliphatic hydroxyl groups excluding tert-OH is 1. The van der Waals surface area contributed by atoms with Crippen LogP contribution in [0, 0.1) is 18.8 Å². The molecule has 0 fully saturated rings. The summed E-state index contributed by atoms with van der Waals surface area (Å²) in [7, 11) is 0. The van der Waals surface area contributed by atoms with Crippen molar-refractivity contribution in [2.75, 3.05) is 11.9 Å². The molecule has 0 spiro atoms. The van der Waals surface area contributed by atoms with Crippen LogP contribution in [0.2, 0.25) is 0 Å². The molecule has 4 nitrogen and oxygen atoms in total. The number of aliphatic hydroxyl groups is 1. The highest BCUT2D eigenvalue weighted by atomic mass is 32.1. The molecule has 96 valence electrons. The van der Waals surface area contributed by atoms with Gasteiger partial charge in [0, 0.05) is 11.8 Å². The van der Waals surface area contributed by atoms with Crippen LogP contribution in [0.5, 0.6) is 0 Å². The predicted molar refractivity (Wildman–Crippen MR) is 75.2 cm³/mol. The lowest BCUT2D eigenvalue weighted by Crippen LogP contribution is -2.12. The summed E-state index contributed by atoms with van der Waals surface area (Å²) in [6, 6.07) is 5.38. The maximum atomic E-state index is 12.1. The van der Waals surface area contributed by atoms with Gasteiger partial charge in [-0.25, -0.2) is 4.98 Å². The number of carbonyl (C=O) groups is 1. The molecule has 1 amide bonds. The van der Waals surface area contributed by atoms with Gasteiger partial charge in [0.15, 0.2) is 0 Å². The molecule has 0 aliphatic carbocycles. The Morgan fingerprint density at radius 1 is 1.47 bits per heavy atom. The van der Waals surface area contributed by atoms with Gasteiger partial charge in [-0.3, -0.25) is 4.79 Å². The van der Waals surface area contributed by atoms with Crippen LogP contribution in [0.3, 0.4) is 0 Å². The van der Waals surface area contributed by atoms with E-state index in [0.717, 1.165) is 5.56 Å². The number of anilines is 1. The molecule has 0 aromatic carbocycles. The third kappa shape index (κ3) is 3.41. The number of amides is 1. The largest absolute Gasteiger partial charge is 0.384 e. The van der Waals surface area contributed by atoms with Crippen molar-refractivity contribution >= 4 is 23.1 Å². The van der Waals surface area contributed by atoms with Gasteiger partial charge in [-0.05, 0) is 30.0 Å². The molecule has 5 heteroatoms. The first-order valence-electron chi connectivity index (χ1n) is 5.62. The van der Waals surface area contributed by atoms with Crippen molar-refractivity contribution in [3.05, 3.63) is 45.8 Å². The Labute approximate surface area is 115 Å². The minimum Gasteiger partial charge on any atom is -0.384 e. The Hall–Kier alpha value is -2.16. The molecule has 19 heavy (non-hydrogen) atoms. The molecular weight excluding hydrogens is 260 g/mol. The zero-order chi connectivity index (χ0) is 13.7. The first kappa shape index (κ1) is 13.3. The molecule has 2 N–H and O–H groups in total. The summed E-state index contributed by atoms with van der Waals surface area (Å²) in [6.07, 6.45) is 1.69. The van der Waals surface area contributed by atoms with Gasteiger partial charge in [0.25, 0.3) is 5.91 Å². The number of aromatic nitrogens is 1. The lowest BCUT2D eigenvalue weighted by Gasteiger charge is -2.03. The minimum absolute atomic E-state index is 0.226. The van der Waals surface area contributed by atoms with Gasteiger partial charge >= 0.3 is 0 Å². The Morgan fingerprint density at radius 2 is 2.32 bits per heavy atom. The number of thiophene rings is 1. The van der Waals surface area contributed by atoms with E-state index in [-0.39, 0.29) is 12.5 Å². The second kappa shape index (κ2) is 6.14. The van der Waals surface area contributed by atoms with E-state index in [1.54, 1.807) is 23.7 Å². The maximum Gasteiger partial charge on any atom is 0.268 e. The molecule has 0 bridgehead atoms. The Kier molecular flexibility index (Phi) is 4.29. The van der Waals surface area contributed by atoms with E-state index in [9.17, 15) is 4.79 Å². The number of aryl methyl sites for hydroxylation is 1. The predicted octanol–water partition coefficient (Wildman–Crippen LogP) is 2.05. The normalized spacial score (nSPS) is 9.58. The molecule has 0 radical (unpaired) electrons. The molecule has 0 aliphatic heterocycles. The highest BCUT2D eigenvalue weighted by Gasteiger charge is 2.12. The number of nitrogens with zero attached hydrogens (tertiary/aromatic N) is 1. The van der Waals surface area contributed by atoms with E-state index >= 15 is 0 Å². The summed E-state index contributed by atoms with van der Waals surface area (Å²) >= 11 is 1.31. The van der Waals surface area contributed by atoms with Gasteiger partial charge in [0.1, 0.15) is 17.3 Å². The average molecular weight is 272 g/mol.